The molecule has 2 N–H and O–H groups in total. The second-order valence-electron chi connectivity index (χ2n) is 9.13. The highest BCUT2D eigenvalue weighted by atomic mass is 16.3. The van der Waals surface area contributed by atoms with Gasteiger partial charge < -0.3 is 10.2 Å². The molecule has 0 saturated heterocycles. The van der Waals surface area contributed by atoms with E-state index in [4.69, 9.17) is 0 Å². The molecule has 0 radical (unpaired) electrons. The Labute approximate surface area is 156 Å². The molecule has 0 saturated carbocycles. The van der Waals surface area contributed by atoms with Crippen LogP contribution in [0.5, 0.6) is 11.5 Å². The maximum absolute atomic E-state index is 10.4. The van der Waals surface area contributed by atoms with Gasteiger partial charge in [-0.25, -0.2) is 0 Å². The zero-order valence-electron chi connectivity index (χ0n) is 16.5. The van der Waals surface area contributed by atoms with Gasteiger partial charge in [-0.15, -0.1) is 0 Å². The van der Waals surface area contributed by atoms with E-state index in [1.165, 1.54) is 17.0 Å². The van der Waals surface area contributed by atoms with Gasteiger partial charge in [0, 0.05) is 5.56 Å². The molecule has 2 heteroatoms. The van der Waals surface area contributed by atoms with Crippen LogP contribution in [-0.2, 0) is 10.8 Å². The van der Waals surface area contributed by atoms with Crippen molar-refractivity contribution in [1.82, 2.24) is 0 Å². The molecule has 0 atom stereocenters. The van der Waals surface area contributed by atoms with E-state index in [9.17, 15) is 10.2 Å². The molecule has 0 fully saturated rings. The van der Waals surface area contributed by atoms with Crippen molar-refractivity contribution in [1.29, 1.82) is 0 Å². The summed E-state index contributed by atoms with van der Waals surface area (Å²) in [5.41, 5.74) is 4.07. The number of hydrogen-bond donors (Lipinski definition) is 2. The molecule has 0 aliphatic heterocycles. The first-order chi connectivity index (χ1) is 12.0. The summed E-state index contributed by atoms with van der Waals surface area (Å²) in [4.78, 5) is 0. The number of phenols is 2. The van der Waals surface area contributed by atoms with E-state index in [1.807, 2.05) is 6.07 Å². The Morgan fingerprint density at radius 2 is 1.35 bits per heavy atom. The molecular formula is C24H28O2. The highest BCUT2D eigenvalue weighted by Gasteiger charge is 2.22. The summed E-state index contributed by atoms with van der Waals surface area (Å²) >= 11 is 0. The fraction of sp³-hybridized carbons (Fsp3) is 0.333. The van der Waals surface area contributed by atoms with E-state index >= 15 is 0 Å². The van der Waals surface area contributed by atoms with Gasteiger partial charge in [0.1, 0.15) is 0 Å². The smallest absolute Gasteiger partial charge is 0.165 e. The highest BCUT2D eigenvalue weighted by Crippen LogP contribution is 2.43. The van der Waals surface area contributed by atoms with Crippen LogP contribution in [0.25, 0.3) is 21.9 Å². The van der Waals surface area contributed by atoms with Crippen LogP contribution in [-0.4, -0.2) is 10.2 Å². The Bertz CT molecular complexity index is 970. The van der Waals surface area contributed by atoms with Gasteiger partial charge in [0.05, 0.1) is 0 Å². The second kappa shape index (κ2) is 6.05. The first-order valence-corrected chi connectivity index (χ1v) is 9.08. The molecule has 0 spiro atoms. The third kappa shape index (κ3) is 3.29. The van der Waals surface area contributed by atoms with Crippen molar-refractivity contribution in [2.45, 2.75) is 52.4 Å². The SMILES string of the molecule is CC(C)(C)c1ccc2cc(-c3cccc(O)c3O)c(C(C)(C)C)cc2c1. The zero-order chi connectivity index (χ0) is 19.3. The Morgan fingerprint density at radius 3 is 1.96 bits per heavy atom. The summed E-state index contributed by atoms with van der Waals surface area (Å²) in [6.07, 6.45) is 0. The molecule has 3 rings (SSSR count). The number of phenolic OH excluding ortho intramolecular Hbond substituents is 2. The van der Waals surface area contributed by atoms with Gasteiger partial charge in [-0.05, 0) is 56.5 Å². The summed E-state index contributed by atoms with van der Waals surface area (Å²) < 4.78 is 0. The number of rotatable bonds is 1. The standard InChI is InChI=1S/C24H28O2/c1-23(2,3)17-11-10-15-13-19(18-8-7-9-21(25)22(18)26)20(24(4,5)6)14-16(15)12-17/h7-14,25-26H,1-6H3. The first kappa shape index (κ1) is 18.3. The van der Waals surface area contributed by atoms with Crippen molar-refractivity contribution < 1.29 is 10.2 Å². The van der Waals surface area contributed by atoms with Gasteiger partial charge in [-0.3, -0.25) is 0 Å². The van der Waals surface area contributed by atoms with Gasteiger partial charge >= 0.3 is 0 Å². The van der Waals surface area contributed by atoms with Gasteiger partial charge in [0.25, 0.3) is 0 Å². The summed E-state index contributed by atoms with van der Waals surface area (Å²) in [5.74, 6) is -0.158. The van der Waals surface area contributed by atoms with Crippen LogP contribution >= 0.6 is 0 Å². The largest absolute Gasteiger partial charge is 0.504 e. The van der Waals surface area contributed by atoms with Crippen molar-refractivity contribution >= 4 is 10.8 Å². The summed E-state index contributed by atoms with van der Waals surface area (Å²) in [7, 11) is 0. The lowest BCUT2D eigenvalue weighted by Crippen LogP contribution is -2.13. The second-order valence-corrected chi connectivity index (χ2v) is 9.13. The third-order valence-electron chi connectivity index (χ3n) is 4.96. The van der Waals surface area contributed by atoms with Crippen LogP contribution in [0.15, 0.2) is 48.5 Å². The number of fused-ring (bicyclic) bond motifs is 1. The first-order valence-electron chi connectivity index (χ1n) is 9.08. The van der Waals surface area contributed by atoms with E-state index in [1.54, 1.807) is 6.07 Å². The lowest BCUT2D eigenvalue weighted by atomic mass is 9.79. The van der Waals surface area contributed by atoms with E-state index in [2.05, 4.69) is 71.9 Å². The average molecular weight is 348 g/mol. The van der Waals surface area contributed by atoms with E-state index in [-0.39, 0.29) is 22.3 Å². The van der Waals surface area contributed by atoms with Gasteiger partial charge in [0.15, 0.2) is 11.5 Å². The zero-order valence-corrected chi connectivity index (χ0v) is 16.5. The number of hydrogen-bond acceptors (Lipinski definition) is 2. The molecule has 0 amide bonds. The maximum Gasteiger partial charge on any atom is 0.165 e. The number of para-hydroxylation sites is 1. The predicted octanol–water partition coefficient (Wildman–Crippen LogP) is 6.51. The van der Waals surface area contributed by atoms with Gasteiger partial charge in [-0.1, -0.05) is 71.9 Å². The molecule has 2 nitrogen and oxygen atoms in total. The Kier molecular flexibility index (Phi) is 4.26. The normalized spacial score (nSPS) is 12.5. The highest BCUT2D eigenvalue weighted by molar-refractivity contribution is 5.91. The van der Waals surface area contributed by atoms with Crippen molar-refractivity contribution in [2.24, 2.45) is 0 Å². The molecule has 26 heavy (non-hydrogen) atoms. The molecule has 0 aromatic heterocycles. The minimum atomic E-state index is -0.0981. The van der Waals surface area contributed by atoms with Crippen LogP contribution in [0.1, 0.15) is 52.7 Å². The Hall–Kier alpha value is -2.48. The monoisotopic (exact) mass is 348 g/mol. The minimum Gasteiger partial charge on any atom is -0.504 e. The Morgan fingerprint density at radius 1 is 0.654 bits per heavy atom. The van der Waals surface area contributed by atoms with Crippen molar-refractivity contribution in [3.63, 3.8) is 0 Å². The molecule has 0 bridgehead atoms. The molecule has 0 aliphatic carbocycles. The Balaban J connectivity index is 2.34. The van der Waals surface area contributed by atoms with Crippen LogP contribution in [0.2, 0.25) is 0 Å². The summed E-state index contributed by atoms with van der Waals surface area (Å²) in [6.45, 7) is 13.2. The van der Waals surface area contributed by atoms with Crippen molar-refractivity contribution in [3.05, 3.63) is 59.7 Å². The lowest BCUT2D eigenvalue weighted by molar-refractivity contribution is 0.405. The molecular weight excluding hydrogens is 320 g/mol. The van der Waals surface area contributed by atoms with Crippen molar-refractivity contribution in [2.75, 3.05) is 0 Å². The molecule has 0 unspecified atom stereocenters. The third-order valence-corrected chi connectivity index (χ3v) is 4.96. The molecule has 0 aliphatic rings. The number of aromatic hydroxyl groups is 2. The van der Waals surface area contributed by atoms with Crippen LogP contribution in [0.3, 0.4) is 0 Å². The van der Waals surface area contributed by atoms with Crippen molar-refractivity contribution in [3.8, 4) is 22.6 Å². The minimum absolute atomic E-state index is 0.0661. The summed E-state index contributed by atoms with van der Waals surface area (Å²) in [6, 6.07) is 16.1. The number of benzene rings is 3. The van der Waals surface area contributed by atoms with E-state index < -0.39 is 0 Å². The fourth-order valence-electron chi connectivity index (χ4n) is 3.36. The molecule has 3 aromatic rings. The predicted molar refractivity (Wildman–Crippen MR) is 110 cm³/mol. The van der Waals surface area contributed by atoms with Crippen LogP contribution in [0.4, 0.5) is 0 Å². The lowest BCUT2D eigenvalue weighted by Gasteiger charge is -2.25. The maximum atomic E-state index is 10.4. The molecule has 136 valence electrons. The molecule has 3 aromatic carbocycles. The fourth-order valence-corrected chi connectivity index (χ4v) is 3.36. The van der Waals surface area contributed by atoms with E-state index in [0.717, 1.165) is 16.5 Å². The summed E-state index contributed by atoms with van der Waals surface area (Å²) in [5, 5.41) is 22.7. The average Bonchev–Trinajstić information content (AvgIpc) is 2.54. The van der Waals surface area contributed by atoms with Gasteiger partial charge in [0.2, 0.25) is 0 Å². The topological polar surface area (TPSA) is 40.5 Å². The quantitative estimate of drug-likeness (QED) is 0.492. The molecule has 0 heterocycles. The van der Waals surface area contributed by atoms with E-state index in [0.29, 0.717) is 5.56 Å². The van der Waals surface area contributed by atoms with Gasteiger partial charge in [-0.2, -0.15) is 0 Å². The van der Waals surface area contributed by atoms with Crippen LogP contribution in [0, 0.1) is 0 Å². The van der Waals surface area contributed by atoms with Crippen LogP contribution < -0.4 is 0 Å².